The number of nitrogens with zero attached hydrogens (tertiary/aromatic N) is 1. The molecule has 0 saturated carbocycles. The van der Waals surface area contributed by atoms with E-state index in [2.05, 4.69) is 15.5 Å². The van der Waals surface area contributed by atoms with Gasteiger partial charge in [-0.2, -0.15) is 5.10 Å². The number of aromatic nitrogens is 2. The van der Waals surface area contributed by atoms with Crippen LogP contribution in [0.15, 0.2) is 18.2 Å². The fraction of sp³-hybridized carbons (Fsp3) is 0.231. The second-order valence-corrected chi connectivity index (χ2v) is 4.22. The standard InChI is InChI=1S/C13H16N4O2/c1-7-12(8(2)17-16-7)15-13(18)10-6-9(19-3)4-5-11(10)14/h4-6H,14H2,1-3H3,(H,15,18)(H,16,17). The number of aromatic amines is 1. The van der Waals surface area contributed by atoms with Gasteiger partial charge in [-0.25, -0.2) is 0 Å². The SMILES string of the molecule is COc1ccc(N)c(C(=O)Nc2c(C)n[nH]c2C)c1. The molecule has 2 aromatic rings. The summed E-state index contributed by atoms with van der Waals surface area (Å²) >= 11 is 0. The number of nitrogen functional groups attached to an aromatic ring is 1. The van der Waals surface area contributed by atoms with Gasteiger partial charge < -0.3 is 15.8 Å². The van der Waals surface area contributed by atoms with Crippen LogP contribution in [-0.4, -0.2) is 23.2 Å². The van der Waals surface area contributed by atoms with Crippen LogP contribution in [0, 0.1) is 13.8 Å². The van der Waals surface area contributed by atoms with E-state index < -0.39 is 0 Å². The summed E-state index contributed by atoms with van der Waals surface area (Å²) in [6.07, 6.45) is 0. The van der Waals surface area contributed by atoms with E-state index in [0.717, 1.165) is 11.4 Å². The molecule has 0 spiro atoms. The molecule has 0 saturated heterocycles. The molecule has 0 aliphatic heterocycles. The first kappa shape index (κ1) is 12.9. The molecule has 1 amide bonds. The monoisotopic (exact) mass is 260 g/mol. The molecule has 0 radical (unpaired) electrons. The molecule has 6 heteroatoms. The van der Waals surface area contributed by atoms with Crippen molar-refractivity contribution in [3.05, 3.63) is 35.2 Å². The van der Waals surface area contributed by atoms with Crippen molar-refractivity contribution in [2.24, 2.45) is 0 Å². The van der Waals surface area contributed by atoms with E-state index in [0.29, 0.717) is 22.7 Å². The van der Waals surface area contributed by atoms with Gasteiger partial charge in [0.2, 0.25) is 0 Å². The van der Waals surface area contributed by atoms with Crippen molar-refractivity contribution in [1.29, 1.82) is 0 Å². The molecule has 19 heavy (non-hydrogen) atoms. The third-order valence-corrected chi connectivity index (χ3v) is 2.87. The molecule has 0 aliphatic carbocycles. The van der Waals surface area contributed by atoms with Crippen molar-refractivity contribution in [3.63, 3.8) is 0 Å². The predicted octanol–water partition coefficient (Wildman–Crippen LogP) is 1.87. The molecule has 0 bridgehead atoms. The van der Waals surface area contributed by atoms with E-state index in [4.69, 9.17) is 10.5 Å². The Labute approximate surface area is 111 Å². The first-order chi connectivity index (χ1) is 9.02. The lowest BCUT2D eigenvalue weighted by molar-refractivity contribution is 0.102. The van der Waals surface area contributed by atoms with Crippen LogP contribution in [0.25, 0.3) is 0 Å². The third-order valence-electron chi connectivity index (χ3n) is 2.87. The van der Waals surface area contributed by atoms with Gasteiger partial charge in [0.05, 0.1) is 29.7 Å². The molecule has 0 aliphatic rings. The number of carbonyl (C=O) groups is 1. The molecule has 6 nitrogen and oxygen atoms in total. The Morgan fingerprint density at radius 3 is 2.74 bits per heavy atom. The van der Waals surface area contributed by atoms with Crippen LogP contribution in [0.2, 0.25) is 0 Å². The minimum absolute atomic E-state index is 0.288. The molecule has 100 valence electrons. The second-order valence-electron chi connectivity index (χ2n) is 4.22. The topological polar surface area (TPSA) is 93.0 Å². The van der Waals surface area contributed by atoms with E-state index in [9.17, 15) is 4.79 Å². The maximum atomic E-state index is 12.2. The quantitative estimate of drug-likeness (QED) is 0.734. The van der Waals surface area contributed by atoms with Gasteiger partial charge in [-0.1, -0.05) is 0 Å². The van der Waals surface area contributed by atoms with E-state index in [-0.39, 0.29) is 5.91 Å². The number of ether oxygens (including phenoxy) is 1. The normalized spacial score (nSPS) is 10.3. The number of nitrogens with two attached hydrogens (primary N) is 1. The average Bonchev–Trinajstić information content (AvgIpc) is 2.71. The Morgan fingerprint density at radius 1 is 1.42 bits per heavy atom. The highest BCUT2D eigenvalue weighted by Crippen LogP contribution is 2.22. The van der Waals surface area contributed by atoms with E-state index >= 15 is 0 Å². The van der Waals surface area contributed by atoms with Crippen molar-refractivity contribution < 1.29 is 9.53 Å². The number of amides is 1. The minimum Gasteiger partial charge on any atom is -0.497 e. The van der Waals surface area contributed by atoms with Crippen molar-refractivity contribution in [3.8, 4) is 5.75 Å². The van der Waals surface area contributed by atoms with Crippen molar-refractivity contribution in [2.75, 3.05) is 18.2 Å². The lowest BCUT2D eigenvalue weighted by Crippen LogP contribution is -2.15. The zero-order valence-electron chi connectivity index (χ0n) is 11.1. The smallest absolute Gasteiger partial charge is 0.257 e. The molecule has 4 N–H and O–H groups in total. The van der Waals surface area contributed by atoms with Gasteiger partial charge in [0.15, 0.2) is 0 Å². The average molecular weight is 260 g/mol. The Hall–Kier alpha value is -2.50. The number of anilines is 2. The van der Waals surface area contributed by atoms with Crippen LogP contribution in [-0.2, 0) is 0 Å². The number of benzene rings is 1. The summed E-state index contributed by atoms with van der Waals surface area (Å²) in [7, 11) is 1.54. The summed E-state index contributed by atoms with van der Waals surface area (Å²) in [5.74, 6) is 0.295. The summed E-state index contributed by atoms with van der Waals surface area (Å²) in [5.41, 5.74) is 8.79. The maximum Gasteiger partial charge on any atom is 0.257 e. The fourth-order valence-corrected chi connectivity index (χ4v) is 1.77. The first-order valence-electron chi connectivity index (χ1n) is 5.79. The van der Waals surface area contributed by atoms with Gasteiger partial charge in [-0.15, -0.1) is 0 Å². The van der Waals surface area contributed by atoms with E-state index in [1.807, 2.05) is 13.8 Å². The highest BCUT2D eigenvalue weighted by molar-refractivity contribution is 6.08. The van der Waals surface area contributed by atoms with Crippen LogP contribution >= 0.6 is 0 Å². The summed E-state index contributed by atoms with van der Waals surface area (Å²) in [4.78, 5) is 12.2. The van der Waals surface area contributed by atoms with Crippen LogP contribution in [0.1, 0.15) is 21.7 Å². The van der Waals surface area contributed by atoms with Gasteiger partial charge in [0, 0.05) is 5.69 Å². The zero-order valence-corrected chi connectivity index (χ0v) is 11.1. The maximum absolute atomic E-state index is 12.2. The first-order valence-corrected chi connectivity index (χ1v) is 5.79. The van der Waals surface area contributed by atoms with Crippen molar-refractivity contribution >= 4 is 17.3 Å². The van der Waals surface area contributed by atoms with Gasteiger partial charge >= 0.3 is 0 Å². The number of rotatable bonds is 3. The molecule has 0 unspecified atom stereocenters. The number of aryl methyl sites for hydroxylation is 2. The van der Waals surface area contributed by atoms with E-state index in [1.54, 1.807) is 18.2 Å². The summed E-state index contributed by atoms with van der Waals surface area (Å²) < 4.78 is 5.09. The Balaban J connectivity index is 2.30. The van der Waals surface area contributed by atoms with Gasteiger partial charge in [-0.3, -0.25) is 9.89 Å². The van der Waals surface area contributed by atoms with Crippen LogP contribution in [0.4, 0.5) is 11.4 Å². The van der Waals surface area contributed by atoms with Gasteiger partial charge in [-0.05, 0) is 32.0 Å². The fourth-order valence-electron chi connectivity index (χ4n) is 1.77. The second kappa shape index (κ2) is 5.01. The summed E-state index contributed by atoms with van der Waals surface area (Å²) in [6.45, 7) is 3.65. The highest BCUT2D eigenvalue weighted by atomic mass is 16.5. The molecular formula is C13H16N4O2. The minimum atomic E-state index is -0.288. The molecule has 0 atom stereocenters. The molecule has 1 aromatic heterocycles. The Bertz CT molecular complexity index is 600. The molecule has 2 rings (SSSR count). The van der Waals surface area contributed by atoms with Crippen molar-refractivity contribution in [2.45, 2.75) is 13.8 Å². The number of methoxy groups -OCH3 is 1. The number of nitrogens with one attached hydrogen (secondary N) is 2. The number of carbonyl (C=O) groups excluding carboxylic acids is 1. The van der Waals surface area contributed by atoms with Gasteiger partial charge in [0.25, 0.3) is 5.91 Å². The zero-order chi connectivity index (χ0) is 14.0. The Kier molecular flexibility index (Phi) is 3.41. The summed E-state index contributed by atoms with van der Waals surface area (Å²) in [6, 6.07) is 4.96. The van der Waals surface area contributed by atoms with Gasteiger partial charge in [0.1, 0.15) is 5.75 Å². The van der Waals surface area contributed by atoms with Crippen molar-refractivity contribution in [1.82, 2.24) is 10.2 Å². The van der Waals surface area contributed by atoms with Crippen LogP contribution in [0.3, 0.4) is 0 Å². The van der Waals surface area contributed by atoms with Crippen LogP contribution in [0.5, 0.6) is 5.75 Å². The molecule has 1 aromatic carbocycles. The summed E-state index contributed by atoms with van der Waals surface area (Å²) in [5, 5.41) is 9.63. The highest BCUT2D eigenvalue weighted by Gasteiger charge is 2.15. The Morgan fingerprint density at radius 2 is 2.16 bits per heavy atom. The molecular weight excluding hydrogens is 244 g/mol. The molecule has 0 fully saturated rings. The third kappa shape index (κ3) is 2.52. The van der Waals surface area contributed by atoms with Crippen LogP contribution < -0.4 is 15.8 Å². The number of hydrogen-bond donors (Lipinski definition) is 3. The lowest BCUT2D eigenvalue weighted by Gasteiger charge is -2.09. The number of H-pyrrole nitrogens is 1. The van der Waals surface area contributed by atoms with E-state index in [1.165, 1.54) is 7.11 Å². The molecule has 1 heterocycles. The lowest BCUT2D eigenvalue weighted by atomic mass is 10.1. The largest absolute Gasteiger partial charge is 0.497 e. The predicted molar refractivity (Wildman–Crippen MR) is 73.4 cm³/mol. The number of hydrogen-bond acceptors (Lipinski definition) is 4.